The van der Waals surface area contributed by atoms with Gasteiger partial charge >= 0.3 is 5.97 Å². The van der Waals surface area contributed by atoms with Crippen LogP contribution in [0, 0.1) is 5.92 Å². The van der Waals surface area contributed by atoms with Crippen molar-refractivity contribution in [2.24, 2.45) is 5.92 Å². The van der Waals surface area contributed by atoms with Crippen LogP contribution >= 0.6 is 0 Å². The van der Waals surface area contributed by atoms with Crippen LogP contribution in [-0.2, 0) is 19.1 Å². The van der Waals surface area contributed by atoms with Crippen LogP contribution in [0.25, 0.3) is 0 Å². The summed E-state index contributed by atoms with van der Waals surface area (Å²) in [5.41, 5.74) is 4.86. The number of rotatable bonds is 5. The monoisotopic (exact) mass is 387 g/mol. The molecule has 1 atom stereocenters. The van der Waals surface area contributed by atoms with Gasteiger partial charge in [-0.2, -0.15) is 0 Å². The SMILES string of the molecule is O=C(COC(=O)[C@H]1CC(=O)N(C2CCCCC2)C1)NNC(=O)c1ccccc1. The van der Waals surface area contributed by atoms with Crippen LogP contribution in [0.3, 0.4) is 0 Å². The van der Waals surface area contributed by atoms with Gasteiger partial charge in [0.25, 0.3) is 11.8 Å². The lowest BCUT2D eigenvalue weighted by atomic mass is 9.94. The second-order valence-electron chi connectivity index (χ2n) is 7.22. The molecular weight excluding hydrogens is 362 g/mol. The maximum absolute atomic E-state index is 12.2. The maximum atomic E-state index is 12.2. The minimum atomic E-state index is -0.647. The average molecular weight is 387 g/mol. The van der Waals surface area contributed by atoms with E-state index in [0.29, 0.717) is 12.1 Å². The van der Waals surface area contributed by atoms with Crippen molar-refractivity contribution < 1.29 is 23.9 Å². The summed E-state index contributed by atoms with van der Waals surface area (Å²) in [4.78, 5) is 49.9. The van der Waals surface area contributed by atoms with Crippen molar-refractivity contribution in [2.75, 3.05) is 13.2 Å². The smallest absolute Gasteiger partial charge is 0.311 e. The van der Waals surface area contributed by atoms with Crippen molar-refractivity contribution in [1.82, 2.24) is 15.8 Å². The van der Waals surface area contributed by atoms with Crippen LogP contribution in [0.4, 0.5) is 0 Å². The van der Waals surface area contributed by atoms with Gasteiger partial charge in [0.1, 0.15) is 0 Å². The minimum Gasteiger partial charge on any atom is -0.455 e. The molecule has 8 nitrogen and oxygen atoms in total. The first-order valence-electron chi connectivity index (χ1n) is 9.65. The molecular formula is C20H25N3O5. The van der Waals surface area contributed by atoms with Crippen LogP contribution in [0.2, 0.25) is 0 Å². The number of amides is 3. The molecule has 2 N–H and O–H groups in total. The number of likely N-dealkylation sites (tertiary alicyclic amines) is 1. The largest absolute Gasteiger partial charge is 0.455 e. The third kappa shape index (κ3) is 5.09. The number of carbonyl (C=O) groups excluding carboxylic acids is 4. The zero-order valence-electron chi connectivity index (χ0n) is 15.7. The van der Waals surface area contributed by atoms with Crippen molar-refractivity contribution in [3.05, 3.63) is 35.9 Å². The molecule has 3 rings (SSSR count). The van der Waals surface area contributed by atoms with Gasteiger partial charge in [-0.15, -0.1) is 0 Å². The average Bonchev–Trinajstić information content (AvgIpc) is 3.13. The van der Waals surface area contributed by atoms with Crippen molar-refractivity contribution in [2.45, 2.75) is 44.6 Å². The number of hydrazine groups is 1. The highest BCUT2D eigenvalue weighted by Gasteiger charge is 2.39. The fourth-order valence-electron chi connectivity index (χ4n) is 3.71. The van der Waals surface area contributed by atoms with Crippen LogP contribution in [0.5, 0.6) is 0 Å². The molecule has 1 aromatic carbocycles. The molecule has 8 heteroatoms. The molecule has 0 spiro atoms. The lowest BCUT2D eigenvalue weighted by Crippen LogP contribution is -2.44. The number of hydrogen-bond acceptors (Lipinski definition) is 5. The van der Waals surface area contributed by atoms with Gasteiger partial charge in [0.15, 0.2) is 6.61 Å². The van der Waals surface area contributed by atoms with E-state index >= 15 is 0 Å². The van der Waals surface area contributed by atoms with E-state index in [4.69, 9.17) is 4.74 Å². The van der Waals surface area contributed by atoms with Gasteiger partial charge in [-0.25, -0.2) is 0 Å². The predicted molar refractivity (Wildman–Crippen MR) is 99.7 cm³/mol. The summed E-state index contributed by atoms with van der Waals surface area (Å²) in [6.45, 7) is -0.156. The molecule has 0 aromatic heterocycles. The molecule has 28 heavy (non-hydrogen) atoms. The third-order valence-corrected chi connectivity index (χ3v) is 5.20. The Kier molecular flexibility index (Phi) is 6.62. The molecule has 1 aromatic rings. The van der Waals surface area contributed by atoms with E-state index in [1.165, 1.54) is 6.42 Å². The predicted octanol–water partition coefficient (Wildman–Crippen LogP) is 1.17. The summed E-state index contributed by atoms with van der Waals surface area (Å²) >= 11 is 0. The van der Waals surface area contributed by atoms with Gasteiger partial charge in [-0.1, -0.05) is 37.5 Å². The first-order valence-corrected chi connectivity index (χ1v) is 9.65. The van der Waals surface area contributed by atoms with Gasteiger partial charge in [-0.05, 0) is 25.0 Å². The number of hydrogen-bond donors (Lipinski definition) is 2. The second kappa shape index (κ2) is 9.34. The third-order valence-electron chi connectivity index (χ3n) is 5.20. The number of benzene rings is 1. The van der Waals surface area contributed by atoms with Gasteiger partial charge in [-0.3, -0.25) is 30.0 Å². The first-order chi connectivity index (χ1) is 13.5. The van der Waals surface area contributed by atoms with Gasteiger partial charge in [0.05, 0.1) is 5.92 Å². The summed E-state index contributed by atoms with van der Waals surface area (Å²) in [5.74, 6) is -2.23. The molecule has 1 saturated carbocycles. The fraction of sp³-hybridized carbons (Fsp3) is 0.500. The highest BCUT2D eigenvalue weighted by molar-refractivity contribution is 5.95. The Hall–Kier alpha value is -2.90. The van der Waals surface area contributed by atoms with E-state index in [1.54, 1.807) is 35.2 Å². The number of esters is 1. The molecule has 3 amide bonds. The highest BCUT2D eigenvalue weighted by atomic mass is 16.5. The Morgan fingerprint density at radius 1 is 1.04 bits per heavy atom. The Balaban J connectivity index is 1.39. The molecule has 1 aliphatic carbocycles. The van der Waals surface area contributed by atoms with E-state index in [0.717, 1.165) is 25.7 Å². The standard InChI is InChI=1S/C20H25N3O5/c24-17(21-22-19(26)14-7-3-1-4-8-14)13-28-20(27)15-11-18(25)23(12-15)16-9-5-2-6-10-16/h1,3-4,7-8,15-16H,2,5-6,9-13H2,(H,21,24)(H,22,26)/t15-/m0/s1. The summed E-state index contributed by atoms with van der Waals surface area (Å²) < 4.78 is 5.03. The number of carbonyl (C=O) groups is 4. The molecule has 1 heterocycles. The van der Waals surface area contributed by atoms with Crippen molar-refractivity contribution >= 4 is 23.7 Å². The minimum absolute atomic E-state index is 0.0200. The molecule has 1 aliphatic heterocycles. The summed E-state index contributed by atoms with van der Waals surface area (Å²) in [5, 5.41) is 0. The van der Waals surface area contributed by atoms with Crippen LogP contribution < -0.4 is 10.9 Å². The quantitative estimate of drug-likeness (QED) is 0.583. The number of nitrogens with zero attached hydrogens (tertiary/aromatic N) is 1. The molecule has 0 bridgehead atoms. The van der Waals surface area contributed by atoms with Gasteiger partial charge < -0.3 is 9.64 Å². The Bertz CT molecular complexity index is 731. The van der Waals surface area contributed by atoms with Gasteiger partial charge in [0.2, 0.25) is 5.91 Å². The van der Waals surface area contributed by atoms with E-state index < -0.39 is 30.3 Å². The van der Waals surface area contributed by atoms with Crippen LogP contribution in [0.1, 0.15) is 48.9 Å². The van der Waals surface area contributed by atoms with E-state index in [9.17, 15) is 19.2 Å². The van der Waals surface area contributed by atoms with Crippen molar-refractivity contribution in [3.63, 3.8) is 0 Å². The lowest BCUT2D eigenvalue weighted by Gasteiger charge is -2.31. The molecule has 2 fully saturated rings. The van der Waals surface area contributed by atoms with Crippen molar-refractivity contribution in [3.8, 4) is 0 Å². The Morgan fingerprint density at radius 2 is 1.75 bits per heavy atom. The maximum Gasteiger partial charge on any atom is 0.311 e. The second-order valence-corrected chi connectivity index (χ2v) is 7.22. The molecule has 2 aliphatic rings. The zero-order chi connectivity index (χ0) is 19.9. The summed E-state index contributed by atoms with van der Waals surface area (Å²) in [7, 11) is 0. The van der Waals surface area contributed by atoms with E-state index in [2.05, 4.69) is 10.9 Å². The first kappa shape index (κ1) is 19.9. The summed E-state index contributed by atoms with van der Waals surface area (Å²) in [6, 6.07) is 8.62. The number of ether oxygens (including phenoxy) is 1. The normalized spacial score (nSPS) is 19.9. The van der Waals surface area contributed by atoms with E-state index in [1.807, 2.05) is 0 Å². The lowest BCUT2D eigenvalue weighted by molar-refractivity contribution is -0.152. The molecule has 0 unspecified atom stereocenters. The molecule has 150 valence electrons. The molecule has 1 saturated heterocycles. The zero-order valence-corrected chi connectivity index (χ0v) is 15.7. The Labute approximate surface area is 163 Å². The van der Waals surface area contributed by atoms with Crippen LogP contribution in [0.15, 0.2) is 30.3 Å². The van der Waals surface area contributed by atoms with Gasteiger partial charge in [0, 0.05) is 24.6 Å². The van der Waals surface area contributed by atoms with Crippen LogP contribution in [-0.4, -0.2) is 47.8 Å². The topological polar surface area (TPSA) is 105 Å². The van der Waals surface area contributed by atoms with Crippen molar-refractivity contribution in [1.29, 1.82) is 0 Å². The fourth-order valence-corrected chi connectivity index (χ4v) is 3.71. The Morgan fingerprint density at radius 3 is 2.46 bits per heavy atom. The number of nitrogens with one attached hydrogen (secondary N) is 2. The summed E-state index contributed by atoms with van der Waals surface area (Å²) in [6.07, 6.45) is 5.51. The highest BCUT2D eigenvalue weighted by Crippen LogP contribution is 2.29. The van der Waals surface area contributed by atoms with E-state index in [-0.39, 0.29) is 18.4 Å². The molecule has 0 radical (unpaired) electrons.